The molecule has 3 rings (SSSR count). The summed E-state index contributed by atoms with van der Waals surface area (Å²) in [7, 11) is 2.03. The van der Waals surface area contributed by atoms with E-state index in [4.69, 9.17) is 15.8 Å². The Labute approximate surface area is 197 Å². The van der Waals surface area contributed by atoms with E-state index < -0.39 is 0 Å². The number of hydrogen-bond donors (Lipinski definition) is 2. The molecule has 0 fully saturated rings. The summed E-state index contributed by atoms with van der Waals surface area (Å²) in [6, 6.07) is 10.5. The molecule has 0 unspecified atom stereocenters. The Hall–Kier alpha value is -3.41. The molecule has 1 aromatic heterocycles. The van der Waals surface area contributed by atoms with Gasteiger partial charge in [0, 0.05) is 31.8 Å². The Morgan fingerprint density at radius 1 is 1.21 bits per heavy atom. The molecule has 1 aliphatic carbocycles. The summed E-state index contributed by atoms with van der Waals surface area (Å²) in [6.45, 7) is 9.13. The number of allylic oxidation sites excluding steroid dienone is 3. The van der Waals surface area contributed by atoms with Crippen LogP contribution in [0.4, 0.5) is 0 Å². The van der Waals surface area contributed by atoms with Crippen molar-refractivity contribution in [3.63, 3.8) is 0 Å². The third-order valence-electron chi connectivity index (χ3n) is 5.91. The van der Waals surface area contributed by atoms with Gasteiger partial charge in [0.05, 0.1) is 17.1 Å². The lowest BCUT2D eigenvalue weighted by Gasteiger charge is -2.19. The van der Waals surface area contributed by atoms with Crippen LogP contribution < -0.4 is 11.1 Å². The van der Waals surface area contributed by atoms with Crippen LogP contribution in [0.3, 0.4) is 0 Å². The van der Waals surface area contributed by atoms with Crippen LogP contribution in [0.5, 0.6) is 0 Å². The highest BCUT2D eigenvalue weighted by Gasteiger charge is 2.28. The third-order valence-corrected chi connectivity index (χ3v) is 5.91. The number of aryl methyl sites for hydroxylation is 2. The number of aromatic nitrogens is 2. The van der Waals surface area contributed by atoms with E-state index in [1.54, 1.807) is 6.08 Å². The van der Waals surface area contributed by atoms with Gasteiger partial charge in [0.15, 0.2) is 5.82 Å². The second-order valence-corrected chi connectivity index (χ2v) is 8.21. The van der Waals surface area contributed by atoms with Crippen LogP contribution in [0, 0.1) is 0 Å². The third kappa shape index (κ3) is 5.89. The second kappa shape index (κ2) is 11.5. The van der Waals surface area contributed by atoms with Gasteiger partial charge in [-0.05, 0) is 62.8 Å². The molecule has 0 saturated carbocycles. The lowest BCUT2D eigenvalue weighted by Crippen LogP contribution is -2.17. The van der Waals surface area contributed by atoms with E-state index in [2.05, 4.69) is 61.4 Å². The Morgan fingerprint density at radius 3 is 2.64 bits per heavy atom. The topological polar surface area (TPSA) is 80.6 Å². The summed E-state index contributed by atoms with van der Waals surface area (Å²) in [6.07, 6.45) is 9.25. The number of nitrogens with two attached hydrogens (primary N) is 1. The lowest BCUT2D eigenvalue weighted by atomic mass is 9.87. The number of rotatable bonds is 8. The molecular formula is C27H36N6. The molecule has 0 aliphatic heterocycles. The van der Waals surface area contributed by atoms with Crippen LogP contribution >= 0.6 is 0 Å². The van der Waals surface area contributed by atoms with Crippen LogP contribution in [-0.4, -0.2) is 27.9 Å². The molecule has 33 heavy (non-hydrogen) atoms. The van der Waals surface area contributed by atoms with E-state index in [9.17, 15) is 0 Å². The molecule has 0 spiro atoms. The first kappa shape index (κ1) is 24.2. The van der Waals surface area contributed by atoms with Gasteiger partial charge in [0.1, 0.15) is 5.84 Å². The number of amidine groups is 1. The van der Waals surface area contributed by atoms with E-state index in [0.29, 0.717) is 11.7 Å². The monoisotopic (exact) mass is 444 g/mol. The first-order valence-corrected chi connectivity index (χ1v) is 11.8. The van der Waals surface area contributed by atoms with E-state index in [1.807, 2.05) is 30.9 Å². The molecule has 3 N–H and O–H groups in total. The summed E-state index contributed by atoms with van der Waals surface area (Å²) in [5, 5.41) is 7.99. The van der Waals surface area contributed by atoms with Crippen molar-refractivity contribution in [2.24, 2.45) is 22.8 Å². The highest BCUT2D eigenvalue weighted by atomic mass is 15.3. The molecule has 6 nitrogen and oxygen atoms in total. The predicted octanol–water partition coefficient (Wildman–Crippen LogP) is 4.81. The lowest BCUT2D eigenvalue weighted by molar-refractivity contribution is 0.706. The van der Waals surface area contributed by atoms with E-state index in [-0.39, 0.29) is 0 Å². The number of fused-ring (bicyclic) bond motifs is 1. The summed E-state index contributed by atoms with van der Waals surface area (Å²) < 4.78 is 2.01. The quantitative estimate of drug-likeness (QED) is 0.453. The minimum atomic E-state index is 0.428. The van der Waals surface area contributed by atoms with Gasteiger partial charge in [-0.25, -0.2) is 9.98 Å². The Kier molecular flexibility index (Phi) is 8.41. The van der Waals surface area contributed by atoms with Crippen LogP contribution in [0.15, 0.2) is 75.6 Å². The molecular weight excluding hydrogens is 408 g/mol. The average Bonchev–Trinajstić information content (AvgIpc) is 3.14. The molecule has 0 radical (unpaired) electrons. The van der Waals surface area contributed by atoms with Crippen LogP contribution in [0.25, 0.3) is 0 Å². The van der Waals surface area contributed by atoms with Crippen molar-refractivity contribution >= 4 is 11.5 Å². The molecule has 2 aromatic rings. The molecule has 174 valence electrons. The van der Waals surface area contributed by atoms with Crippen molar-refractivity contribution < 1.29 is 0 Å². The van der Waals surface area contributed by atoms with E-state index in [1.165, 1.54) is 16.8 Å². The SMILES string of the molecule is C/C=C1/CCc2nn(C)c(Cc3ccccc3)c2/C1=N\C(\N=C(N)/C=C\NCC)=C(/C)CC. The molecule has 0 atom stereocenters. The maximum atomic E-state index is 6.20. The fourth-order valence-corrected chi connectivity index (χ4v) is 3.90. The largest absolute Gasteiger partial charge is 0.391 e. The number of benzene rings is 1. The van der Waals surface area contributed by atoms with Crippen molar-refractivity contribution in [1.29, 1.82) is 0 Å². The maximum absolute atomic E-state index is 6.20. The highest BCUT2D eigenvalue weighted by molar-refractivity contribution is 6.15. The van der Waals surface area contributed by atoms with Gasteiger partial charge >= 0.3 is 0 Å². The van der Waals surface area contributed by atoms with Gasteiger partial charge in [-0.2, -0.15) is 5.10 Å². The number of hydrogen-bond acceptors (Lipinski definition) is 4. The molecule has 1 heterocycles. The van der Waals surface area contributed by atoms with Crippen molar-refractivity contribution in [2.45, 2.75) is 53.4 Å². The predicted molar refractivity (Wildman–Crippen MR) is 139 cm³/mol. The normalized spacial score (nSPS) is 17.5. The minimum absolute atomic E-state index is 0.428. The first-order valence-electron chi connectivity index (χ1n) is 11.8. The summed E-state index contributed by atoms with van der Waals surface area (Å²) in [4.78, 5) is 9.82. The van der Waals surface area contributed by atoms with Crippen molar-refractivity contribution in [1.82, 2.24) is 15.1 Å². The zero-order chi connectivity index (χ0) is 23.8. The van der Waals surface area contributed by atoms with Crippen molar-refractivity contribution in [3.8, 4) is 0 Å². The summed E-state index contributed by atoms with van der Waals surface area (Å²) in [5.74, 6) is 1.10. The smallest absolute Gasteiger partial charge is 0.153 e. The van der Waals surface area contributed by atoms with Gasteiger partial charge in [0.25, 0.3) is 0 Å². The zero-order valence-corrected chi connectivity index (χ0v) is 20.5. The van der Waals surface area contributed by atoms with Gasteiger partial charge in [-0.1, -0.05) is 43.3 Å². The van der Waals surface area contributed by atoms with Crippen LogP contribution in [0.1, 0.15) is 63.1 Å². The van der Waals surface area contributed by atoms with E-state index in [0.717, 1.165) is 54.8 Å². The molecule has 0 saturated heterocycles. The number of nitrogens with zero attached hydrogens (tertiary/aromatic N) is 4. The zero-order valence-electron chi connectivity index (χ0n) is 20.5. The summed E-state index contributed by atoms with van der Waals surface area (Å²) >= 11 is 0. The van der Waals surface area contributed by atoms with Gasteiger partial charge in [-0.15, -0.1) is 0 Å². The first-order chi connectivity index (χ1) is 16.0. The van der Waals surface area contributed by atoms with Crippen molar-refractivity contribution in [2.75, 3.05) is 6.54 Å². The summed E-state index contributed by atoms with van der Waals surface area (Å²) in [5.41, 5.74) is 14.2. The average molecular weight is 445 g/mol. The van der Waals surface area contributed by atoms with Crippen molar-refractivity contribution in [3.05, 3.63) is 88.2 Å². The van der Waals surface area contributed by atoms with Gasteiger partial charge in [0.2, 0.25) is 0 Å². The molecule has 6 heteroatoms. The maximum Gasteiger partial charge on any atom is 0.153 e. The van der Waals surface area contributed by atoms with Gasteiger partial charge < -0.3 is 11.1 Å². The minimum Gasteiger partial charge on any atom is -0.391 e. The Morgan fingerprint density at radius 2 is 1.97 bits per heavy atom. The molecule has 0 amide bonds. The second-order valence-electron chi connectivity index (χ2n) is 8.21. The number of nitrogens with one attached hydrogen (secondary N) is 1. The standard InChI is InChI=1S/C27H36N6/c1-6-19(4)27(30-24(28)16-17-29-8-3)31-26-21(7-2)14-15-22-25(26)23(33(5)32-22)18-20-12-10-9-11-13-20/h7,9-13,16-17,29H,6,8,14-15,18H2,1-5H3,(H2,28,30)/b17-16-,21-7-,27-19+,31-26-. The Balaban J connectivity index is 2.13. The van der Waals surface area contributed by atoms with Crippen LogP contribution in [0.2, 0.25) is 0 Å². The van der Waals surface area contributed by atoms with E-state index >= 15 is 0 Å². The van der Waals surface area contributed by atoms with Crippen LogP contribution in [-0.2, 0) is 19.9 Å². The van der Waals surface area contributed by atoms with Gasteiger partial charge in [-0.3, -0.25) is 4.68 Å². The highest BCUT2D eigenvalue weighted by Crippen LogP contribution is 2.31. The molecule has 0 bridgehead atoms. The molecule has 1 aromatic carbocycles. The fraction of sp³-hybridized carbons (Fsp3) is 0.370. The number of aliphatic imine (C=N–C) groups is 2. The Bertz CT molecular complexity index is 1110. The molecule has 1 aliphatic rings. The fourth-order valence-electron chi connectivity index (χ4n) is 3.90.